The van der Waals surface area contributed by atoms with Crippen LogP contribution in [0.15, 0.2) is 18.2 Å². The number of hydrogen-bond acceptors (Lipinski definition) is 5. The predicted octanol–water partition coefficient (Wildman–Crippen LogP) is 1.03. The molecule has 1 unspecified atom stereocenters. The molecule has 0 bridgehead atoms. The number of rotatable bonds is 5. The highest BCUT2D eigenvalue weighted by Crippen LogP contribution is 2.39. The fraction of sp³-hybridized carbons (Fsp3) is 0.462. The zero-order valence-corrected chi connectivity index (χ0v) is 11.3. The molecule has 2 rings (SSSR count). The number of benzene rings is 1. The van der Waals surface area contributed by atoms with Crippen LogP contribution >= 0.6 is 0 Å². The van der Waals surface area contributed by atoms with Gasteiger partial charge in [0.15, 0.2) is 0 Å². The van der Waals surface area contributed by atoms with Crippen molar-refractivity contribution in [3.8, 4) is 0 Å². The number of nitrogens with zero attached hydrogens (tertiary/aromatic N) is 1. The lowest BCUT2D eigenvalue weighted by molar-refractivity contribution is -0.383. The summed E-state index contributed by atoms with van der Waals surface area (Å²) in [5.74, 6) is -0.0672. The van der Waals surface area contributed by atoms with Crippen molar-refractivity contribution >= 4 is 17.3 Å². The molecule has 7 nitrogen and oxygen atoms in total. The Labute approximate surface area is 116 Å². The van der Waals surface area contributed by atoms with Crippen molar-refractivity contribution in [3.63, 3.8) is 0 Å². The Morgan fingerprint density at radius 1 is 1.55 bits per heavy atom. The maximum Gasteiger partial charge on any atom is 0.292 e. The van der Waals surface area contributed by atoms with E-state index in [2.05, 4.69) is 5.32 Å². The van der Waals surface area contributed by atoms with E-state index in [1.807, 2.05) is 6.92 Å². The van der Waals surface area contributed by atoms with Crippen molar-refractivity contribution in [2.24, 2.45) is 11.7 Å². The molecule has 0 aliphatic heterocycles. The Kier molecular flexibility index (Phi) is 3.63. The number of carbonyl (C=O) groups excluding carboxylic acids is 1. The molecule has 5 N–H and O–H groups in total. The molecule has 1 aliphatic rings. The first-order valence-corrected chi connectivity index (χ1v) is 6.44. The number of nitro benzene ring substituents is 1. The predicted molar refractivity (Wildman–Crippen MR) is 75.2 cm³/mol. The highest BCUT2D eigenvalue weighted by molar-refractivity contribution is 6.01. The van der Waals surface area contributed by atoms with Crippen LogP contribution in [0.4, 0.5) is 11.4 Å². The van der Waals surface area contributed by atoms with E-state index >= 15 is 0 Å². The molecule has 0 aromatic heterocycles. The van der Waals surface area contributed by atoms with E-state index in [4.69, 9.17) is 11.5 Å². The van der Waals surface area contributed by atoms with Crippen LogP contribution < -0.4 is 16.8 Å². The molecule has 1 atom stereocenters. The Morgan fingerprint density at radius 2 is 2.20 bits per heavy atom. The van der Waals surface area contributed by atoms with Gasteiger partial charge >= 0.3 is 0 Å². The van der Waals surface area contributed by atoms with Crippen LogP contribution in [0.2, 0.25) is 0 Å². The second-order valence-electron chi connectivity index (χ2n) is 5.35. The van der Waals surface area contributed by atoms with Crippen LogP contribution in [0.3, 0.4) is 0 Å². The Hall–Kier alpha value is -2.15. The van der Waals surface area contributed by atoms with E-state index in [0.717, 1.165) is 12.8 Å². The number of amides is 1. The first kappa shape index (κ1) is 14.3. The zero-order chi connectivity index (χ0) is 14.9. The average molecular weight is 278 g/mol. The maximum absolute atomic E-state index is 12.3. The van der Waals surface area contributed by atoms with Gasteiger partial charge in [0.05, 0.1) is 16.0 Å². The van der Waals surface area contributed by atoms with Crippen molar-refractivity contribution in [2.45, 2.75) is 25.3 Å². The third-order valence-corrected chi connectivity index (χ3v) is 3.83. The van der Waals surface area contributed by atoms with Crippen molar-refractivity contribution in [2.75, 3.05) is 12.3 Å². The Morgan fingerprint density at radius 3 is 2.70 bits per heavy atom. The van der Waals surface area contributed by atoms with E-state index < -0.39 is 16.4 Å². The summed E-state index contributed by atoms with van der Waals surface area (Å²) in [6.07, 6.45) is 2.05. The quantitative estimate of drug-likeness (QED) is 0.421. The fourth-order valence-electron chi connectivity index (χ4n) is 2.28. The number of nitrogen functional groups attached to an aromatic ring is 1. The number of nitrogens with two attached hydrogens (primary N) is 2. The van der Waals surface area contributed by atoms with Gasteiger partial charge in [-0.25, -0.2) is 0 Å². The summed E-state index contributed by atoms with van der Waals surface area (Å²) in [5.41, 5.74) is 10.7. The molecule has 1 aliphatic carbocycles. The molecule has 0 heterocycles. The number of para-hydroxylation sites is 1. The third-order valence-electron chi connectivity index (χ3n) is 3.83. The number of nitrogens with one attached hydrogen (secondary N) is 1. The lowest BCUT2D eigenvalue weighted by Gasteiger charge is -2.29. The van der Waals surface area contributed by atoms with Crippen LogP contribution in [-0.2, 0) is 0 Å². The highest BCUT2D eigenvalue weighted by Gasteiger charge is 2.42. The second kappa shape index (κ2) is 5.09. The van der Waals surface area contributed by atoms with Gasteiger partial charge in [0, 0.05) is 12.6 Å². The summed E-state index contributed by atoms with van der Waals surface area (Å²) in [4.78, 5) is 22.5. The topological polar surface area (TPSA) is 124 Å². The highest BCUT2D eigenvalue weighted by atomic mass is 16.6. The molecule has 0 spiro atoms. The van der Waals surface area contributed by atoms with Crippen molar-refractivity contribution in [3.05, 3.63) is 33.9 Å². The molecule has 1 amide bonds. The summed E-state index contributed by atoms with van der Waals surface area (Å²) < 4.78 is 0. The van der Waals surface area contributed by atoms with Crippen LogP contribution in [-0.4, -0.2) is 22.9 Å². The molecule has 1 fully saturated rings. The number of hydrogen-bond donors (Lipinski definition) is 3. The van der Waals surface area contributed by atoms with E-state index in [0.29, 0.717) is 12.5 Å². The molecule has 7 heteroatoms. The van der Waals surface area contributed by atoms with Crippen LogP contribution in [0.5, 0.6) is 0 Å². The number of anilines is 1. The minimum Gasteiger partial charge on any atom is -0.393 e. The number of nitro groups is 1. The smallest absolute Gasteiger partial charge is 0.292 e. The van der Waals surface area contributed by atoms with Gasteiger partial charge in [0.1, 0.15) is 5.69 Å². The van der Waals surface area contributed by atoms with Crippen LogP contribution in [0.1, 0.15) is 30.1 Å². The molecule has 108 valence electrons. The molecular formula is C13H18N4O3. The largest absolute Gasteiger partial charge is 0.393 e. The monoisotopic (exact) mass is 278 g/mol. The van der Waals surface area contributed by atoms with Crippen molar-refractivity contribution in [1.29, 1.82) is 0 Å². The molecule has 0 saturated heterocycles. The molecule has 20 heavy (non-hydrogen) atoms. The van der Waals surface area contributed by atoms with Gasteiger partial charge in [-0.05, 0) is 31.7 Å². The van der Waals surface area contributed by atoms with Gasteiger partial charge in [0.25, 0.3) is 11.6 Å². The number of carbonyl (C=O) groups is 1. The Balaban J connectivity index is 2.25. The lowest BCUT2D eigenvalue weighted by Crippen LogP contribution is -2.53. The normalized spacial score (nSPS) is 17.3. The Bertz CT molecular complexity index is 557. The van der Waals surface area contributed by atoms with E-state index in [1.54, 1.807) is 0 Å². The molecule has 1 aromatic rings. The molecule has 1 saturated carbocycles. The van der Waals surface area contributed by atoms with E-state index in [-0.39, 0.29) is 16.9 Å². The van der Waals surface area contributed by atoms with E-state index in [9.17, 15) is 14.9 Å². The first-order chi connectivity index (χ1) is 9.39. The SMILES string of the molecule is CC(CN)(NC(=O)c1cccc([N+](=O)[O-])c1N)C1CC1. The van der Waals surface area contributed by atoms with Gasteiger partial charge < -0.3 is 16.8 Å². The minimum atomic E-state index is -0.602. The summed E-state index contributed by atoms with van der Waals surface area (Å²) >= 11 is 0. The molecular weight excluding hydrogens is 260 g/mol. The van der Waals surface area contributed by atoms with Gasteiger partial charge in [-0.2, -0.15) is 0 Å². The minimum absolute atomic E-state index is 0.111. The van der Waals surface area contributed by atoms with Crippen LogP contribution in [0, 0.1) is 16.0 Å². The lowest BCUT2D eigenvalue weighted by atomic mass is 9.95. The van der Waals surface area contributed by atoms with Gasteiger partial charge in [-0.15, -0.1) is 0 Å². The third kappa shape index (κ3) is 2.57. The van der Waals surface area contributed by atoms with Crippen molar-refractivity contribution in [1.82, 2.24) is 5.32 Å². The van der Waals surface area contributed by atoms with Gasteiger partial charge in [-0.1, -0.05) is 6.07 Å². The van der Waals surface area contributed by atoms with E-state index in [1.165, 1.54) is 18.2 Å². The molecule has 0 radical (unpaired) electrons. The summed E-state index contributed by atoms with van der Waals surface area (Å²) in [6, 6.07) is 4.19. The maximum atomic E-state index is 12.3. The standard InChI is InChI=1S/C13H18N4O3/c1-13(7-14,8-5-6-8)16-12(18)9-3-2-4-10(11(9)15)17(19)20/h2-4,8H,5-7,14-15H2,1H3,(H,16,18). The first-order valence-electron chi connectivity index (χ1n) is 6.44. The summed E-state index contributed by atoms with van der Waals surface area (Å²) in [6.45, 7) is 2.20. The zero-order valence-electron chi connectivity index (χ0n) is 11.3. The van der Waals surface area contributed by atoms with Crippen LogP contribution in [0.25, 0.3) is 0 Å². The van der Waals surface area contributed by atoms with Gasteiger partial charge in [-0.3, -0.25) is 14.9 Å². The summed E-state index contributed by atoms with van der Waals surface area (Å²) in [7, 11) is 0. The average Bonchev–Trinajstić information content (AvgIpc) is 3.22. The fourth-order valence-corrected chi connectivity index (χ4v) is 2.28. The summed E-state index contributed by atoms with van der Waals surface area (Å²) in [5, 5.41) is 13.7. The van der Waals surface area contributed by atoms with Crippen molar-refractivity contribution < 1.29 is 9.72 Å². The molecule has 1 aromatic carbocycles. The van der Waals surface area contributed by atoms with Gasteiger partial charge in [0.2, 0.25) is 0 Å². The second-order valence-corrected chi connectivity index (χ2v) is 5.35.